The van der Waals surface area contributed by atoms with E-state index in [0.29, 0.717) is 11.3 Å². The molecule has 0 heterocycles. The van der Waals surface area contributed by atoms with Gasteiger partial charge in [-0.1, -0.05) is 42.0 Å². The highest BCUT2D eigenvalue weighted by molar-refractivity contribution is 5.99. The van der Waals surface area contributed by atoms with Gasteiger partial charge in [0.1, 0.15) is 0 Å². The molecule has 0 saturated carbocycles. The number of methoxy groups -OCH3 is 1. The van der Waals surface area contributed by atoms with Crippen LogP contribution in [0, 0.1) is 6.92 Å². The van der Waals surface area contributed by atoms with Crippen molar-refractivity contribution in [2.24, 2.45) is 0 Å². The summed E-state index contributed by atoms with van der Waals surface area (Å²) in [5, 5.41) is 0. The summed E-state index contributed by atoms with van der Waals surface area (Å²) < 4.78 is 4.71. The maximum absolute atomic E-state index is 11.6. The molecule has 0 aliphatic rings. The van der Waals surface area contributed by atoms with Crippen LogP contribution in [-0.2, 0) is 4.74 Å². The minimum atomic E-state index is -0.415. The van der Waals surface area contributed by atoms with Crippen LogP contribution < -0.4 is 5.73 Å². The number of aryl methyl sites for hydroxylation is 1. The Kier molecular flexibility index (Phi) is 3.33. The fourth-order valence-electron chi connectivity index (χ4n) is 1.92. The Morgan fingerprint density at radius 2 is 1.89 bits per heavy atom. The van der Waals surface area contributed by atoms with Gasteiger partial charge < -0.3 is 10.5 Å². The quantitative estimate of drug-likeness (QED) is 0.649. The molecule has 0 radical (unpaired) electrons. The van der Waals surface area contributed by atoms with E-state index in [1.807, 2.05) is 37.3 Å². The normalized spacial score (nSPS) is 10.1. The molecule has 2 rings (SSSR count). The molecule has 0 spiro atoms. The van der Waals surface area contributed by atoms with Gasteiger partial charge in [-0.05, 0) is 18.6 Å². The lowest BCUT2D eigenvalue weighted by molar-refractivity contribution is 0.0602. The Hall–Kier alpha value is -2.29. The van der Waals surface area contributed by atoms with Crippen LogP contribution in [0.3, 0.4) is 0 Å². The molecule has 0 atom stereocenters. The van der Waals surface area contributed by atoms with Crippen LogP contribution in [-0.4, -0.2) is 13.1 Å². The topological polar surface area (TPSA) is 52.3 Å². The molecule has 18 heavy (non-hydrogen) atoms. The highest BCUT2D eigenvalue weighted by Gasteiger charge is 2.13. The highest BCUT2D eigenvalue weighted by Crippen LogP contribution is 2.29. The Bertz CT molecular complexity index is 591. The molecule has 0 unspecified atom stereocenters. The van der Waals surface area contributed by atoms with Crippen LogP contribution in [0.1, 0.15) is 15.9 Å². The smallest absolute Gasteiger partial charge is 0.339 e. The number of ether oxygens (including phenoxy) is 1. The number of nitrogen functional groups attached to an aromatic ring is 1. The van der Waals surface area contributed by atoms with Crippen molar-refractivity contribution in [2.75, 3.05) is 12.8 Å². The van der Waals surface area contributed by atoms with Gasteiger partial charge in [0, 0.05) is 5.56 Å². The summed E-state index contributed by atoms with van der Waals surface area (Å²) in [4.78, 5) is 11.6. The molecule has 0 aromatic heterocycles. The van der Waals surface area contributed by atoms with E-state index in [0.717, 1.165) is 16.7 Å². The van der Waals surface area contributed by atoms with Crippen LogP contribution in [0.25, 0.3) is 11.1 Å². The van der Waals surface area contributed by atoms with Crippen molar-refractivity contribution in [1.82, 2.24) is 0 Å². The maximum Gasteiger partial charge on any atom is 0.339 e. The van der Waals surface area contributed by atoms with Crippen LogP contribution >= 0.6 is 0 Å². The zero-order valence-electron chi connectivity index (χ0n) is 10.4. The zero-order chi connectivity index (χ0) is 13.1. The maximum atomic E-state index is 11.6. The van der Waals surface area contributed by atoms with Crippen LogP contribution in [0.4, 0.5) is 5.69 Å². The molecule has 0 aliphatic carbocycles. The first-order chi connectivity index (χ1) is 8.63. The van der Waals surface area contributed by atoms with Crippen molar-refractivity contribution >= 4 is 11.7 Å². The van der Waals surface area contributed by atoms with Gasteiger partial charge in [-0.15, -0.1) is 0 Å². The van der Waals surface area contributed by atoms with Crippen molar-refractivity contribution < 1.29 is 9.53 Å². The van der Waals surface area contributed by atoms with Gasteiger partial charge in [0.15, 0.2) is 0 Å². The molecule has 0 fully saturated rings. The lowest BCUT2D eigenvalue weighted by Crippen LogP contribution is -2.06. The second-order valence-corrected chi connectivity index (χ2v) is 4.13. The number of rotatable bonds is 2. The first-order valence-corrected chi connectivity index (χ1v) is 5.67. The number of hydrogen-bond acceptors (Lipinski definition) is 3. The molecule has 3 nitrogen and oxygen atoms in total. The molecule has 0 bridgehead atoms. The average molecular weight is 241 g/mol. The second-order valence-electron chi connectivity index (χ2n) is 4.13. The molecule has 92 valence electrons. The Morgan fingerprint density at radius 3 is 2.56 bits per heavy atom. The molecular formula is C15H15NO2. The third kappa shape index (κ3) is 2.20. The van der Waals surface area contributed by atoms with E-state index in [-0.39, 0.29) is 0 Å². The van der Waals surface area contributed by atoms with Gasteiger partial charge in [-0.25, -0.2) is 4.79 Å². The number of esters is 1. The first kappa shape index (κ1) is 12.2. The summed E-state index contributed by atoms with van der Waals surface area (Å²) in [7, 11) is 1.35. The number of hydrogen-bond donors (Lipinski definition) is 1. The molecule has 2 aromatic rings. The third-order valence-electron chi connectivity index (χ3n) is 2.84. The van der Waals surface area contributed by atoms with Crippen LogP contribution in [0.5, 0.6) is 0 Å². The number of para-hydroxylation sites is 1. The van der Waals surface area contributed by atoms with Crippen molar-refractivity contribution in [3.63, 3.8) is 0 Å². The molecule has 0 amide bonds. The lowest BCUT2D eigenvalue weighted by atomic mass is 9.99. The van der Waals surface area contributed by atoms with Gasteiger partial charge in [0.25, 0.3) is 0 Å². The van der Waals surface area contributed by atoms with Crippen molar-refractivity contribution in [3.8, 4) is 11.1 Å². The summed E-state index contributed by atoms with van der Waals surface area (Å²) in [5.74, 6) is -0.415. The van der Waals surface area contributed by atoms with Crippen molar-refractivity contribution in [2.45, 2.75) is 6.92 Å². The number of carbonyl (C=O) groups is 1. The fourth-order valence-corrected chi connectivity index (χ4v) is 1.92. The van der Waals surface area contributed by atoms with Gasteiger partial charge in [-0.2, -0.15) is 0 Å². The molecule has 0 saturated heterocycles. The summed E-state index contributed by atoms with van der Waals surface area (Å²) in [5.41, 5.74) is 9.89. The van der Waals surface area contributed by atoms with E-state index in [1.54, 1.807) is 12.1 Å². The summed E-state index contributed by atoms with van der Waals surface area (Å²) in [6, 6.07) is 13.4. The van der Waals surface area contributed by atoms with E-state index in [1.165, 1.54) is 7.11 Å². The summed E-state index contributed by atoms with van der Waals surface area (Å²) in [6.45, 7) is 2.02. The summed E-state index contributed by atoms with van der Waals surface area (Å²) >= 11 is 0. The zero-order valence-corrected chi connectivity index (χ0v) is 10.4. The Balaban J connectivity index is 2.56. The monoisotopic (exact) mass is 241 g/mol. The molecule has 3 heteroatoms. The van der Waals surface area contributed by atoms with E-state index in [4.69, 9.17) is 10.5 Å². The first-order valence-electron chi connectivity index (χ1n) is 5.67. The largest absolute Gasteiger partial charge is 0.465 e. The van der Waals surface area contributed by atoms with E-state index in [2.05, 4.69) is 0 Å². The average Bonchev–Trinajstić information content (AvgIpc) is 2.38. The molecular weight excluding hydrogens is 226 g/mol. The second kappa shape index (κ2) is 4.92. The van der Waals surface area contributed by atoms with Crippen molar-refractivity contribution in [3.05, 3.63) is 53.6 Å². The number of anilines is 1. The lowest BCUT2D eigenvalue weighted by Gasteiger charge is -2.10. The number of nitrogens with two attached hydrogens (primary N) is 1. The minimum absolute atomic E-state index is 0.400. The van der Waals surface area contributed by atoms with Gasteiger partial charge in [0.05, 0.1) is 18.4 Å². The number of benzene rings is 2. The Morgan fingerprint density at radius 1 is 1.17 bits per heavy atom. The molecule has 0 aliphatic heterocycles. The SMILES string of the molecule is COC(=O)c1cccc(-c2cccc(C)c2)c1N. The van der Waals surface area contributed by atoms with Gasteiger partial charge in [0.2, 0.25) is 0 Å². The molecule has 2 N–H and O–H groups in total. The standard InChI is InChI=1S/C15H15NO2/c1-10-5-3-6-11(9-10)12-7-4-8-13(14(12)16)15(17)18-2/h3-9H,16H2,1-2H3. The predicted molar refractivity (Wildman–Crippen MR) is 72.4 cm³/mol. The Labute approximate surface area is 106 Å². The highest BCUT2D eigenvalue weighted by atomic mass is 16.5. The van der Waals surface area contributed by atoms with E-state index < -0.39 is 5.97 Å². The van der Waals surface area contributed by atoms with E-state index in [9.17, 15) is 4.79 Å². The summed E-state index contributed by atoms with van der Waals surface area (Å²) in [6.07, 6.45) is 0. The number of carbonyl (C=O) groups excluding carboxylic acids is 1. The van der Waals surface area contributed by atoms with Crippen LogP contribution in [0.15, 0.2) is 42.5 Å². The van der Waals surface area contributed by atoms with Crippen molar-refractivity contribution in [1.29, 1.82) is 0 Å². The minimum Gasteiger partial charge on any atom is -0.465 e. The third-order valence-corrected chi connectivity index (χ3v) is 2.84. The van der Waals surface area contributed by atoms with Gasteiger partial charge >= 0.3 is 5.97 Å². The van der Waals surface area contributed by atoms with Crippen LogP contribution in [0.2, 0.25) is 0 Å². The fraction of sp³-hybridized carbons (Fsp3) is 0.133. The predicted octanol–water partition coefficient (Wildman–Crippen LogP) is 3.03. The molecule has 2 aromatic carbocycles. The van der Waals surface area contributed by atoms with Gasteiger partial charge in [-0.3, -0.25) is 0 Å². The van der Waals surface area contributed by atoms with E-state index >= 15 is 0 Å².